The summed E-state index contributed by atoms with van der Waals surface area (Å²) < 4.78 is 0. The molecule has 1 aromatic carbocycles. The van der Waals surface area contributed by atoms with Crippen molar-refractivity contribution in [2.75, 3.05) is 11.4 Å². The van der Waals surface area contributed by atoms with Crippen molar-refractivity contribution in [2.45, 2.75) is 19.9 Å². The highest BCUT2D eigenvalue weighted by Gasteiger charge is 2.32. The lowest BCUT2D eigenvalue weighted by molar-refractivity contribution is -0.117. The minimum Gasteiger partial charge on any atom is -0.350 e. The zero-order chi connectivity index (χ0) is 15.7. The van der Waals surface area contributed by atoms with E-state index in [4.69, 9.17) is 23.2 Å². The molecule has 0 aliphatic carbocycles. The van der Waals surface area contributed by atoms with Gasteiger partial charge in [-0.25, -0.2) is 4.79 Å². The number of halogens is 2. The highest BCUT2D eigenvalue weighted by molar-refractivity contribution is 6.44. The molecule has 1 heterocycles. The van der Waals surface area contributed by atoms with E-state index in [1.54, 1.807) is 13.8 Å². The predicted octanol–water partition coefficient (Wildman–Crippen LogP) is 2.19. The molecule has 0 saturated carbocycles. The Morgan fingerprint density at radius 2 is 2.00 bits per heavy atom. The number of carbonyl (C=O) groups is 3. The van der Waals surface area contributed by atoms with Gasteiger partial charge in [-0.2, -0.15) is 0 Å². The van der Waals surface area contributed by atoms with E-state index in [2.05, 4.69) is 10.6 Å². The normalized spacial score (nSPS) is 14.6. The highest BCUT2D eigenvalue weighted by Crippen LogP contribution is 2.34. The average Bonchev–Trinajstić information content (AvgIpc) is 2.70. The third-order valence-electron chi connectivity index (χ3n) is 2.80. The quantitative estimate of drug-likeness (QED) is 0.834. The van der Waals surface area contributed by atoms with Gasteiger partial charge >= 0.3 is 6.03 Å². The zero-order valence-electron chi connectivity index (χ0n) is 11.4. The van der Waals surface area contributed by atoms with Crippen molar-refractivity contribution in [1.82, 2.24) is 10.6 Å². The SMILES string of the molecule is CC(C)NC(=O)c1c(N2CC(=O)NC2=O)ccc(Cl)c1Cl. The summed E-state index contributed by atoms with van der Waals surface area (Å²) in [6, 6.07) is 2.25. The maximum absolute atomic E-state index is 12.3. The molecule has 1 aliphatic heterocycles. The maximum Gasteiger partial charge on any atom is 0.329 e. The van der Waals surface area contributed by atoms with Gasteiger partial charge in [-0.1, -0.05) is 23.2 Å². The summed E-state index contributed by atoms with van der Waals surface area (Å²) >= 11 is 12.0. The Kier molecular flexibility index (Phi) is 4.39. The van der Waals surface area contributed by atoms with E-state index in [0.717, 1.165) is 4.90 Å². The van der Waals surface area contributed by atoms with E-state index in [-0.39, 0.29) is 33.9 Å². The van der Waals surface area contributed by atoms with Crippen LogP contribution in [0.3, 0.4) is 0 Å². The summed E-state index contributed by atoms with van der Waals surface area (Å²) in [4.78, 5) is 36.5. The Labute approximate surface area is 131 Å². The Bertz CT molecular complexity index is 631. The molecule has 112 valence electrons. The smallest absolute Gasteiger partial charge is 0.329 e. The van der Waals surface area contributed by atoms with Crippen LogP contribution in [-0.4, -0.2) is 30.4 Å². The van der Waals surface area contributed by atoms with Gasteiger partial charge in [-0.05, 0) is 26.0 Å². The number of hydrogen-bond acceptors (Lipinski definition) is 3. The van der Waals surface area contributed by atoms with Crippen LogP contribution in [0.15, 0.2) is 12.1 Å². The van der Waals surface area contributed by atoms with Gasteiger partial charge in [0.15, 0.2) is 0 Å². The fraction of sp³-hybridized carbons (Fsp3) is 0.308. The van der Waals surface area contributed by atoms with Gasteiger partial charge in [-0.15, -0.1) is 0 Å². The van der Waals surface area contributed by atoms with E-state index in [1.165, 1.54) is 12.1 Å². The third-order valence-corrected chi connectivity index (χ3v) is 3.61. The molecule has 6 nitrogen and oxygen atoms in total. The maximum atomic E-state index is 12.3. The van der Waals surface area contributed by atoms with Gasteiger partial charge in [0.2, 0.25) is 5.91 Å². The number of nitrogens with one attached hydrogen (secondary N) is 2. The van der Waals surface area contributed by atoms with Crippen LogP contribution in [0.25, 0.3) is 0 Å². The first-order valence-electron chi connectivity index (χ1n) is 6.21. The summed E-state index contributed by atoms with van der Waals surface area (Å²) in [6.45, 7) is 3.42. The van der Waals surface area contributed by atoms with Crippen LogP contribution < -0.4 is 15.5 Å². The van der Waals surface area contributed by atoms with Crippen LogP contribution in [0, 0.1) is 0 Å². The molecule has 1 saturated heterocycles. The van der Waals surface area contributed by atoms with Gasteiger partial charge < -0.3 is 5.32 Å². The number of hydrogen-bond donors (Lipinski definition) is 2. The molecule has 2 N–H and O–H groups in total. The summed E-state index contributed by atoms with van der Waals surface area (Å²) in [6.07, 6.45) is 0. The van der Waals surface area contributed by atoms with Crippen LogP contribution >= 0.6 is 23.2 Å². The Hall–Kier alpha value is -1.79. The average molecular weight is 330 g/mol. The van der Waals surface area contributed by atoms with Crippen LogP contribution in [0.5, 0.6) is 0 Å². The van der Waals surface area contributed by atoms with E-state index in [1.807, 2.05) is 0 Å². The fourth-order valence-corrected chi connectivity index (χ4v) is 2.36. The molecular formula is C13H13Cl2N3O3. The van der Waals surface area contributed by atoms with E-state index < -0.39 is 17.8 Å². The predicted molar refractivity (Wildman–Crippen MR) is 79.9 cm³/mol. The van der Waals surface area contributed by atoms with Crippen LogP contribution in [0.2, 0.25) is 10.0 Å². The molecule has 0 atom stereocenters. The summed E-state index contributed by atoms with van der Waals surface area (Å²) in [5.74, 6) is -0.902. The van der Waals surface area contributed by atoms with E-state index >= 15 is 0 Å². The number of imide groups is 1. The molecule has 4 amide bonds. The molecule has 1 aliphatic rings. The minimum atomic E-state index is -0.600. The molecule has 8 heteroatoms. The van der Waals surface area contributed by atoms with Gasteiger partial charge in [-0.3, -0.25) is 19.8 Å². The number of amides is 4. The monoisotopic (exact) mass is 329 g/mol. The van der Waals surface area contributed by atoms with Gasteiger partial charge in [0.1, 0.15) is 6.54 Å². The van der Waals surface area contributed by atoms with Gasteiger partial charge in [0.25, 0.3) is 5.91 Å². The first-order valence-corrected chi connectivity index (χ1v) is 6.97. The number of nitrogens with zero attached hydrogens (tertiary/aromatic N) is 1. The molecule has 21 heavy (non-hydrogen) atoms. The molecule has 2 rings (SSSR count). The molecular weight excluding hydrogens is 317 g/mol. The number of urea groups is 1. The Morgan fingerprint density at radius 3 is 2.52 bits per heavy atom. The second-order valence-electron chi connectivity index (χ2n) is 4.82. The van der Waals surface area contributed by atoms with Crippen molar-refractivity contribution in [3.63, 3.8) is 0 Å². The molecule has 0 spiro atoms. The highest BCUT2D eigenvalue weighted by atomic mass is 35.5. The van der Waals surface area contributed by atoms with Crippen molar-refractivity contribution in [2.24, 2.45) is 0 Å². The lowest BCUT2D eigenvalue weighted by Gasteiger charge is -2.20. The van der Waals surface area contributed by atoms with Crippen molar-refractivity contribution in [3.8, 4) is 0 Å². The van der Waals surface area contributed by atoms with Crippen LogP contribution in [0.1, 0.15) is 24.2 Å². The second-order valence-corrected chi connectivity index (χ2v) is 5.61. The molecule has 1 fully saturated rings. The number of carbonyl (C=O) groups excluding carboxylic acids is 3. The van der Waals surface area contributed by atoms with Crippen molar-refractivity contribution < 1.29 is 14.4 Å². The molecule has 0 bridgehead atoms. The number of anilines is 1. The van der Waals surface area contributed by atoms with Crippen molar-refractivity contribution in [3.05, 3.63) is 27.7 Å². The molecule has 0 unspecified atom stereocenters. The Morgan fingerprint density at radius 1 is 1.33 bits per heavy atom. The van der Waals surface area contributed by atoms with Crippen LogP contribution in [0.4, 0.5) is 10.5 Å². The minimum absolute atomic E-state index is 0.0412. The first-order chi connectivity index (χ1) is 9.81. The third kappa shape index (κ3) is 3.11. The molecule has 0 radical (unpaired) electrons. The lowest BCUT2D eigenvalue weighted by atomic mass is 10.1. The van der Waals surface area contributed by atoms with E-state index in [0.29, 0.717) is 0 Å². The van der Waals surface area contributed by atoms with Gasteiger partial charge in [0.05, 0.1) is 21.3 Å². The van der Waals surface area contributed by atoms with Gasteiger partial charge in [0, 0.05) is 6.04 Å². The molecule has 0 aromatic heterocycles. The topological polar surface area (TPSA) is 78.5 Å². The lowest BCUT2D eigenvalue weighted by Crippen LogP contribution is -2.34. The second kappa shape index (κ2) is 5.91. The van der Waals surface area contributed by atoms with Crippen molar-refractivity contribution >= 4 is 46.7 Å². The fourth-order valence-electron chi connectivity index (χ4n) is 1.95. The van der Waals surface area contributed by atoms with E-state index in [9.17, 15) is 14.4 Å². The number of rotatable bonds is 3. The number of benzene rings is 1. The summed E-state index contributed by atoms with van der Waals surface area (Å²) in [5, 5.41) is 5.07. The zero-order valence-corrected chi connectivity index (χ0v) is 12.9. The first kappa shape index (κ1) is 15.6. The standard InChI is InChI=1S/C13H13Cl2N3O3/c1-6(2)16-12(20)10-8(4-3-7(14)11(10)15)18-5-9(19)17-13(18)21/h3-4,6H,5H2,1-2H3,(H,16,20)(H,17,19,21). The summed E-state index contributed by atoms with van der Waals surface area (Å²) in [7, 11) is 0. The van der Waals surface area contributed by atoms with Crippen LogP contribution in [-0.2, 0) is 4.79 Å². The molecule has 1 aromatic rings. The van der Waals surface area contributed by atoms with Crippen molar-refractivity contribution in [1.29, 1.82) is 0 Å². The summed E-state index contributed by atoms with van der Waals surface area (Å²) in [5.41, 5.74) is 0.314. The largest absolute Gasteiger partial charge is 0.350 e. The Balaban J connectivity index is 2.51.